The zero-order valence-corrected chi connectivity index (χ0v) is 9.46. The van der Waals surface area contributed by atoms with Crippen molar-refractivity contribution < 1.29 is 4.92 Å². The van der Waals surface area contributed by atoms with E-state index in [-0.39, 0.29) is 5.69 Å². The van der Waals surface area contributed by atoms with Gasteiger partial charge in [-0.2, -0.15) is 0 Å². The fourth-order valence-electron chi connectivity index (χ4n) is 0.987. The second-order valence-corrected chi connectivity index (χ2v) is 3.74. The van der Waals surface area contributed by atoms with Crippen molar-refractivity contribution in [2.24, 2.45) is 0 Å². The molecule has 0 amide bonds. The fraction of sp³-hybridized carbons (Fsp3) is 0.111. The zero-order valence-electron chi connectivity index (χ0n) is 7.11. The molecule has 0 saturated heterocycles. The molecule has 0 bridgehead atoms. The van der Waals surface area contributed by atoms with E-state index < -0.39 is 4.92 Å². The lowest BCUT2D eigenvalue weighted by Gasteiger charge is -1.97. The van der Waals surface area contributed by atoms with Gasteiger partial charge < -0.3 is 0 Å². The normalized spacial score (nSPS) is 10.7. The summed E-state index contributed by atoms with van der Waals surface area (Å²) in [5.74, 6) is 0.340. The Kier molecular flexibility index (Phi) is 4.10. The van der Waals surface area contributed by atoms with Crippen LogP contribution in [-0.2, 0) is 0 Å². The molecule has 0 aliphatic carbocycles. The van der Waals surface area contributed by atoms with Crippen LogP contribution in [0.1, 0.15) is 5.56 Å². The molecule has 3 nitrogen and oxygen atoms in total. The van der Waals surface area contributed by atoms with Gasteiger partial charge in [-0.15, -0.1) is 11.6 Å². The summed E-state index contributed by atoms with van der Waals surface area (Å²) >= 11 is 8.63. The number of hydrogen-bond donors (Lipinski definition) is 0. The summed E-state index contributed by atoms with van der Waals surface area (Å²) in [7, 11) is 0. The molecule has 14 heavy (non-hydrogen) atoms. The maximum atomic E-state index is 10.7. The number of nitro benzene ring substituents is 1. The first-order chi connectivity index (χ1) is 6.65. The van der Waals surface area contributed by atoms with E-state index in [1.54, 1.807) is 24.3 Å². The number of rotatable bonds is 3. The molecule has 1 rings (SSSR count). The smallest absolute Gasteiger partial charge is 0.258 e. The molecule has 0 saturated carbocycles. The Morgan fingerprint density at radius 3 is 2.86 bits per heavy atom. The van der Waals surface area contributed by atoms with Crippen molar-refractivity contribution in [1.82, 2.24) is 0 Å². The van der Waals surface area contributed by atoms with Crippen LogP contribution in [0.3, 0.4) is 0 Å². The topological polar surface area (TPSA) is 43.1 Å². The number of halogens is 2. The summed E-state index contributed by atoms with van der Waals surface area (Å²) in [6.07, 6.45) is 3.30. The third kappa shape index (κ3) is 2.82. The molecule has 74 valence electrons. The Labute approximate surface area is 94.7 Å². The van der Waals surface area contributed by atoms with E-state index >= 15 is 0 Å². The molecule has 1 aromatic carbocycles. The van der Waals surface area contributed by atoms with E-state index in [1.165, 1.54) is 6.07 Å². The number of hydrogen-bond acceptors (Lipinski definition) is 2. The molecule has 0 aliphatic heterocycles. The van der Waals surface area contributed by atoms with E-state index in [1.807, 2.05) is 0 Å². The Morgan fingerprint density at radius 2 is 2.29 bits per heavy atom. The molecule has 0 spiro atoms. The Hall–Kier alpha value is -0.870. The monoisotopic (exact) mass is 275 g/mol. The maximum absolute atomic E-state index is 10.7. The molecule has 0 aliphatic rings. The number of alkyl halides is 1. The highest BCUT2D eigenvalue weighted by molar-refractivity contribution is 9.10. The minimum Gasteiger partial charge on any atom is -0.258 e. The van der Waals surface area contributed by atoms with Crippen LogP contribution in [-0.4, -0.2) is 10.8 Å². The van der Waals surface area contributed by atoms with Crippen molar-refractivity contribution in [2.75, 3.05) is 5.88 Å². The van der Waals surface area contributed by atoms with Gasteiger partial charge in [0.05, 0.1) is 10.5 Å². The molecular formula is C9H7BrClNO2. The number of allylic oxidation sites excluding steroid dienone is 1. The summed E-state index contributed by atoms with van der Waals surface area (Å²) in [4.78, 5) is 10.2. The lowest BCUT2D eigenvalue weighted by atomic mass is 10.2. The predicted octanol–water partition coefficient (Wildman–Crippen LogP) is 3.61. The van der Waals surface area contributed by atoms with Gasteiger partial charge in [0.25, 0.3) is 5.69 Å². The van der Waals surface area contributed by atoms with Crippen molar-refractivity contribution >= 4 is 39.3 Å². The van der Waals surface area contributed by atoms with Gasteiger partial charge >= 0.3 is 0 Å². The van der Waals surface area contributed by atoms with Gasteiger partial charge in [-0.3, -0.25) is 10.1 Å². The second kappa shape index (κ2) is 5.12. The summed E-state index contributed by atoms with van der Waals surface area (Å²) in [5.41, 5.74) is 0.625. The van der Waals surface area contributed by atoms with E-state index in [0.29, 0.717) is 15.9 Å². The van der Waals surface area contributed by atoms with Crippen LogP contribution < -0.4 is 0 Å². The second-order valence-electron chi connectivity index (χ2n) is 2.52. The summed E-state index contributed by atoms with van der Waals surface area (Å²) in [6.45, 7) is 0. The molecule has 0 fully saturated rings. The van der Waals surface area contributed by atoms with E-state index in [4.69, 9.17) is 11.6 Å². The molecule has 1 aromatic rings. The third-order valence-electron chi connectivity index (χ3n) is 1.58. The number of nitro groups is 1. The fourth-order valence-corrected chi connectivity index (χ4v) is 1.43. The van der Waals surface area contributed by atoms with Crippen LogP contribution in [0, 0.1) is 10.1 Å². The molecule has 0 N–H and O–H groups in total. The predicted molar refractivity (Wildman–Crippen MR) is 60.6 cm³/mol. The average Bonchev–Trinajstić information content (AvgIpc) is 2.15. The molecule has 0 atom stereocenters. The van der Waals surface area contributed by atoms with Crippen molar-refractivity contribution in [3.05, 3.63) is 44.4 Å². The Bertz CT molecular complexity index is 379. The summed E-state index contributed by atoms with van der Waals surface area (Å²) in [5, 5.41) is 10.7. The number of nitrogens with zero attached hydrogens (tertiary/aromatic N) is 1. The minimum atomic E-state index is -0.418. The van der Waals surface area contributed by atoms with Crippen LogP contribution in [0.15, 0.2) is 28.7 Å². The van der Waals surface area contributed by atoms with Gasteiger partial charge in [-0.1, -0.05) is 28.1 Å². The first-order valence-electron chi connectivity index (χ1n) is 3.81. The van der Waals surface area contributed by atoms with Crippen molar-refractivity contribution in [3.63, 3.8) is 0 Å². The van der Waals surface area contributed by atoms with Crippen LogP contribution in [0.4, 0.5) is 5.69 Å². The van der Waals surface area contributed by atoms with Gasteiger partial charge in [0.15, 0.2) is 0 Å². The SMILES string of the molecule is O=[N+]([O-])c1cc(Br)ccc1C=CCCl. The standard InChI is InChI=1S/C9H7BrClNO2/c10-8-4-3-7(2-1-5-11)9(6-8)12(13)14/h1-4,6H,5H2. The summed E-state index contributed by atoms with van der Waals surface area (Å²) < 4.78 is 0.687. The van der Waals surface area contributed by atoms with Gasteiger partial charge in [0.1, 0.15) is 0 Å². The minimum absolute atomic E-state index is 0.0701. The van der Waals surface area contributed by atoms with E-state index in [9.17, 15) is 10.1 Å². The van der Waals surface area contributed by atoms with Gasteiger partial charge in [0.2, 0.25) is 0 Å². The van der Waals surface area contributed by atoms with Crippen LogP contribution in [0.2, 0.25) is 0 Å². The maximum Gasteiger partial charge on any atom is 0.277 e. The first-order valence-corrected chi connectivity index (χ1v) is 5.14. The van der Waals surface area contributed by atoms with Crippen LogP contribution in [0.25, 0.3) is 6.08 Å². The van der Waals surface area contributed by atoms with Crippen molar-refractivity contribution in [3.8, 4) is 0 Å². The molecule has 0 heterocycles. The lowest BCUT2D eigenvalue weighted by Crippen LogP contribution is -1.91. The number of benzene rings is 1. The largest absolute Gasteiger partial charge is 0.277 e. The molecule has 5 heteroatoms. The highest BCUT2D eigenvalue weighted by Crippen LogP contribution is 2.24. The average molecular weight is 277 g/mol. The molecule has 0 unspecified atom stereocenters. The Balaban J connectivity index is 3.15. The Morgan fingerprint density at radius 1 is 1.57 bits per heavy atom. The van der Waals surface area contributed by atoms with Gasteiger partial charge in [-0.05, 0) is 12.1 Å². The molecule has 0 radical (unpaired) electrons. The van der Waals surface area contributed by atoms with Crippen molar-refractivity contribution in [2.45, 2.75) is 0 Å². The van der Waals surface area contributed by atoms with Gasteiger partial charge in [-0.25, -0.2) is 0 Å². The zero-order chi connectivity index (χ0) is 10.6. The quantitative estimate of drug-likeness (QED) is 0.481. The van der Waals surface area contributed by atoms with Gasteiger partial charge in [0, 0.05) is 16.4 Å². The van der Waals surface area contributed by atoms with E-state index in [2.05, 4.69) is 15.9 Å². The van der Waals surface area contributed by atoms with E-state index in [0.717, 1.165) is 0 Å². The lowest BCUT2D eigenvalue weighted by molar-refractivity contribution is -0.385. The highest BCUT2D eigenvalue weighted by atomic mass is 79.9. The highest BCUT2D eigenvalue weighted by Gasteiger charge is 2.11. The first kappa shape index (κ1) is 11.2. The van der Waals surface area contributed by atoms with Crippen molar-refractivity contribution in [1.29, 1.82) is 0 Å². The summed E-state index contributed by atoms with van der Waals surface area (Å²) in [6, 6.07) is 4.89. The van der Waals surface area contributed by atoms with Crippen LogP contribution >= 0.6 is 27.5 Å². The molecular weight excluding hydrogens is 269 g/mol. The van der Waals surface area contributed by atoms with Crippen LogP contribution in [0.5, 0.6) is 0 Å². The third-order valence-corrected chi connectivity index (χ3v) is 2.25. The molecule has 0 aromatic heterocycles.